The first-order valence-corrected chi connectivity index (χ1v) is 5.20. The van der Waals surface area contributed by atoms with E-state index in [9.17, 15) is 5.11 Å². The molecule has 0 bridgehead atoms. The summed E-state index contributed by atoms with van der Waals surface area (Å²) >= 11 is 1.90. The highest BCUT2D eigenvalue weighted by Gasteiger charge is 2.41. The zero-order valence-electron chi connectivity index (χ0n) is 7.26. The summed E-state index contributed by atoms with van der Waals surface area (Å²) < 4.78 is 0. The van der Waals surface area contributed by atoms with Crippen LogP contribution in [-0.4, -0.2) is 27.8 Å². The van der Waals surface area contributed by atoms with Crippen LogP contribution in [0, 0.1) is 0 Å². The van der Waals surface area contributed by atoms with Crippen molar-refractivity contribution in [2.45, 2.75) is 37.8 Å². The van der Waals surface area contributed by atoms with Gasteiger partial charge in [-0.1, -0.05) is 0 Å². The quantitative estimate of drug-likeness (QED) is 0.624. The molecule has 0 aliphatic carbocycles. The standard InChI is InChI=1S/C8H17NOS/c1-7(2,9)8(10)3-5-11-6-4-8/h10H,3-6,9H2,1-2H3. The molecule has 3 heteroatoms. The van der Waals surface area contributed by atoms with Gasteiger partial charge in [0.25, 0.3) is 0 Å². The van der Waals surface area contributed by atoms with Crippen molar-refractivity contribution in [2.24, 2.45) is 5.73 Å². The summed E-state index contributed by atoms with van der Waals surface area (Å²) in [6, 6.07) is 0. The van der Waals surface area contributed by atoms with Crippen LogP contribution in [0.3, 0.4) is 0 Å². The summed E-state index contributed by atoms with van der Waals surface area (Å²) in [6.07, 6.45) is 1.67. The second-order valence-corrected chi connectivity index (χ2v) is 5.09. The Labute approximate surface area is 72.5 Å². The van der Waals surface area contributed by atoms with Crippen molar-refractivity contribution in [1.29, 1.82) is 0 Å². The molecule has 0 radical (unpaired) electrons. The van der Waals surface area contributed by atoms with Gasteiger partial charge in [0.1, 0.15) is 0 Å². The van der Waals surface area contributed by atoms with Gasteiger partial charge in [0.2, 0.25) is 0 Å². The lowest BCUT2D eigenvalue weighted by Crippen LogP contribution is -2.58. The Hall–Kier alpha value is 0.270. The van der Waals surface area contributed by atoms with Crippen molar-refractivity contribution >= 4 is 11.8 Å². The SMILES string of the molecule is CC(C)(N)C1(O)CCSCC1. The fourth-order valence-electron chi connectivity index (χ4n) is 1.35. The highest BCUT2D eigenvalue weighted by atomic mass is 32.2. The normalized spacial score (nSPS) is 25.1. The van der Waals surface area contributed by atoms with Crippen molar-refractivity contribution in [1.82, 2.24) is 0 Å². The van der Waals surface area contributed by atoms with Crippen molar-refractivity contribution in [3.8, 4) is 0 Å². The van der Waals surface area contributed by atoms with Gasteiger partial charge in [-0.05, 0) is 38.2 Å². The first-order chi connectivity index (χ1) is 4.96. The molecule has 1 heterocycles. The molecule has 66 valence electrons. The lowest BCUT2D eigenvalue weighted by molar-refractivity contribution is -0.0283. The van der Waals surface area contributed by atoms with Crippen LogP contribution in [0.4, 0.5) is 0 Å². The third-order valence-electron chi connectivity index (χ3n) is 2.52. The third kappa shape index (κ3) is 1.89. The van der Waals surface area contributed by atoms with Crippen LogP contribution in [-0.2, 0) is 0 Å². The smallest absolute Gasteiger partial charge is 0.0836 e. The van der Waals surface area contributed by atoms with E-state index in [0.717, 1.165) is 24.3 Å². The van der Waals surface area contributed by atoms with Crippen LogP contribution >= 0.6 is 11.8 Å². The van der Waals surface area contributed by atoms with E-state index in [1.54, 1.807) is 0 Å². The molecule has 1 rings (SSSR count). The fraction of sp³-hybridized carbons (Fsp3) is 1.00. The van der Waals surface area contributed by atoms with E-state index >= 15 is 0 Å². The predicted octanol–water partition coefficient (Wildman–Crippen LogP) is 0.982. The van der Waals surface area contributed by atoms with E-state index in [1.165, 1.54) is 0 Å². The zero-order chi connectivity index (χ0) is 8.54. The maximum atomic E-state index is 10.1. The highest BCUT2D eigenvalue weighted by molar-refractivity contribution is 7.99. The maximum Gasteiger partial charge on any atom is 0.0836 e. The highest BCUT2D eigenvalue weighted by Crippen LogP contribution is 2.33. The van der Waals surface area contributed by atoms with Crippen molar-refractivity contribution in [3.05, 3.63) is 0 Å². The van der Waals surface area contributed by atoms with E-state index in [2.05, 4.69) is 0 Å². The van der Waals surface area contributed by atoms with E-state index in [1.807, 2.05) is 25.6 Å². The molecule has 1 aliphatic heterocycles. The Morgan fingerprint density at radius 1 is 1.36 bits per heavy atom. The average molecular weight is 175 g/mol. The van der Waals surface area contributed by atoms with Gasteiger partial charge in [-0.15, -0.1) is 0 Å². The van der Waals surface area contributed by atoms with E-state index in [-0.39, 0.29) is 0 Å². The van der Waals surface area contributed by atoms with Gasteiger partial charge >= 0.3 is 0 Å². The Morgan fingerprint density at radius 3 is 2.09 bits per heavy atom. The predicted molar refractivity (Wildman–Crippen MR) is 49.8 cm³/mol. The molecule has 0 atom stereocenters. The van der Waals surface area contributed by atoms with Crippen LogP contribution in [0.25, 0.3) is 0 Å². The molecule has 0 aromatic rings. The summed E-state index contributed by atoms with van der Waals surface area (Å²) in [6.45, 7) is 3.81. The Kier molecular flexibility index (Phi) is 2.52. The van der Waals surface area contributed by atoms with Crippen LogP contribution in [0.5, 0.6) is 0 Å². The molecule has 3 N–H and O–H groups in total. The molecule has 0 aromatic carbocycles. The number of rotatable bonds is 1. The van der Waals surface area contributed by atoms with Gasteiger partial charge in [0.05, 0.1) is 5.60 Å². The maximum absolute atomic E-state index is 10.1. The monoisotopic (exact) mass is 175 g/mol. The van der Waals surface area contributed by atoms with Gasteiger partial charge in [0.15, 0.2) is 0 Å². The second-order valence-electron chi connectivity index (χ2n) is 3.87. The lowest BCUT2D eigenvalue weighted by Gasteiger charge is -2.42. The Bertz CT molecular complexity index is 136. The molecule has 0 unspecified atom stereocenters. The van der Waals surface area contributed by atoms with Gasteiger partial charge < -0.3 is 10.8 Å². The summed E-state index contributed by atoms with van der Waals surface area (Å²) in [5.41, 5.74) is 4.81. The molecule has 11 heavy (non-hydrogen) atoms. The topological polar surface area (TPSA) is 46.2 Å². The largest absolute Gasteiger partial charge is 0.388 e. The molecule has 1 fully saturated rings. The lowest BCUT2D eigenvalue weighted by atomic mass is 9.79. The average Bonchev–Trinajstić information content (AvgIpc) is 1.87. The molecular formula is C8H17NOS. The number of aliphatic hydroxyl groups is 1. The van der Waals surface area contributed by atoms with Crippen molar-refractivity contribution in [2.75, 3.05) is 11.5 Å². The number of hydrogen-bond donors (Lipinski definition) is 2. The van der Waals surface area contributed by atoms with Gasteiger partial charge in [-0.2, -0.15) is 11.8 Å². The second kappa shape index (κ2) is 2.96. The van der Waals surface area contributed by atoms with E-state index < -0.39 is 11.1 Å². The minimum Gasteiger partial charge on any atom is -0.388 e. The van der Waals surface area contributed by atoms with Crippen LogP contribution in [0.1, 0.15) is 26.7 Å². The van der Waals surface area contributed by atoms with Crippen LogP contribution in [0.2, 0.25) is 0 Å². The summed E-state index contributed by atoms with van der Waals surface area (Å²) in [4.78, 5) is 0. The molecule has 1 saturated heterocycles. The first-order valence-electron chi connectivity index (χ1n) is 4.05. The minimum absolute atomic E-state index is 0.450. The molecular weight excluding hydrogens is 158 g/mol. The number of nitrogens with two attached hydrogens (primary N) is 1. The summed E-state index contributed by atoms with van der Waals surface area (Å²) in [5, 5.41) is 10.1. The molecule has 0 aromatic heterocycles. The summed E-state index contributed by atoms with van der Waals surface area (Å²) in [5.74, 6) is 2.08. The molecule has 0 amide bonds. The van der Waals surface area contributed by atoms with Crippen LogP contribution in [0.15, 0.2) is 0 Å². The molecule has 0 saturated carbocycles. The number of thioether (sulfide) groups is 1. The van der Waals surface area contributed by atoms with Gasteiger partial charge in [-0.3, -0.25) is 0 Å². The van der Waals surface area contributed by atoms with E-state index in [4.69, 9.17) is 5.73 Å². The minimum atomic E-state index is -0.627. The molecule has 0 spiro atoms. The number of hydrogen-bond acceptors (Lipinski definition) is 3. The fourth-order valence-corrected chi connectivity index (χ4v) is 2.52. The third-order valence-corrected chi connectivity index (χ3v) is 3.50. The Balaban J connectivity index is 2.64. The van der Waals surface area contributed by atoms with Crippen molar-refractivity contribution < 1.29 is 5.11 Å². The Morgan fingerprint density at radius 2 is 1.82 bits per heavy atom. The van der Waals surface area contributed by atoms with Gasteiger partial charge in [0, 0.05) is 5.54 Å². The molecule has 1 aliphatic rings. The van der Waals surface area contributed by atoms with Crippen molar-refractivity contribution in [3.63, 3.8) is 0 Å². The first kappa shape index (κ1) is 9.36. The summed E-state index contributed by atoms with van der Waals surface area (Å²) in [7, 11) is 0. The molecule has 2 nitrogen and oxygen atoms in total. The van der Waals surface area contributed by atoms with Crippen LogP contribution < -0.4 is 5.73 Å². The zero-order valence-corrected chi connectivity index (χ0v) is 8.08. The van der Waals surface area contributed by atoms with E-state index in [0.29, 0.717) is 0 Å². The van der Waals surface area contributed by atoms with Gasteiger partial charge in [-0.25, -0.2) is 0 Å².